The highest BCUT2D eigenvalue weighted by atomic mass is 79.9. The molecule has 1 nitrogen and oxygen atoms in total. The lowest BCUT2D eigenvalue weighted by molar-refractivity contribution is -0.0451. The summed E-state index contributed by atoms with van der Waals surface area (Å²) < 4.78 is 5.70. The van der Waals surface area contributed by atoms with Crippen LogP contribution in [0, 0.1) is 5.41 Å². The summed E-state index contributed by atoms with van der Waals surface area (Å²) in [5, 5.41) is 1.03. The number of alkyl halides is 1. The zero-order chi connectivity index (χ0) is 8.32. The highest BCUT2D eigenvalue weighted by Gasteiger charge is 2.30. The molecule has 1 rings (SSSR count). The summed E-state index contributed by atoms with van der Waals surface area (Å²) in [6.07, 6.45) is 4.28. The van der Waals surface area contributed by atoms with Gasteiger partial charge in [-0.1, -0.05) is 29.8 Å². The van der Waals surface area contributed by atoms with E-state index in [1.807, 2.05) is 0 Å². The van der Waals surface area contributed by atoms with Gasteiger partial charge in [-0.3, -0.25) is 0 Å². The van der Waals surface area contributed by atoms with Crippen LogP contribution in [0.15, 0.2) is 0 Å². The third-order valence-corrected chi connectivity index (χ3v) is 3.84. The minimum absolute atomic E-state index is 0.306. The molecule has 11 heavy (non-hydrogen) atoms. The summed E-state index contributed by atoms with van der Waals surface area (Å²) in [6.45, 7) is 5.48. The average molecular weight is 221 g/mol. The Morgan fingerprint density at radius 1 is 1.45 bits per heavy atom. The lowest BCUT2D eigenvalue weighted by atomic mass is 9.85. The Kier molecular flexibility index (Phi) is 3.38. The molecule has 0 aromatic rings. The van der Waals surface area contributed by atoms with Gasteiger partial charge in [-0.25, -0.2) is 0 Å². The van der Waals surface area contributed by atoms with Gasteiger partial charge in [-0.05, 0) is 19.3 Å². The van der Waals surface area contributed by atoms with Crippen molar-refractivity contribution < 1.29 is 4.74 Å². The van der Waals surface area contributed by atoms with E-state index in [1.54, 1.807) is 0 Å². The largest absolute Gasteiger partial charge is 0.378 e. The zero-order valence-electron chi connectivity index (χ0n) is 7.40. The normalized spacial score (nSPS) is 27.0. The molecule has 66 valence electrons. The van der Waals surface area contributed by atoms with Crippen LogP contribution in [-0.2, 0) is 4.74 Å². The van der Waals surface area contributed by atoms with Crippen LogP contribution in [0.5, 0.6) is 0 Å². The summed E-state index contributed by atoms with van der Waals surface area (Å²) in [6, 6.07) is 0. The molecule has 0 aromatic heterocycles. The summed E-state index contributed by atoms with van der Waals surface area (Å²) in [7, 11) is 0. The van der Waals surface area contributed by atoms with Gasteiger partial charge >= 0.3 is 0 Å². The van der Waals surface area contributed by atoms with Gasteiger partial charge in [0.05, 0.1) is 6.10 Å². The monoisotopic (exact) mass is 220 g/mol. The van der Waals surface area contributed by atoms with E-state index in [9.17, 15) is 0 Å². The molecular weight excluding hydrogens is 204 g/mol. The van der Waals surface area contributed by atoms with Crippen molar-refractivity contribution in [2.75, 3.05) is 11.9 Å². The fourth-order valence-corrected chi connectivity index (χ4v) is 1.80. The Bertz CT molecular complexity index is 117. The van der Waals surface area contributed by atoms with Crippen molar-refractivity contribution in [3.05, 3.63) is 0 Å². The van der Waals surface area contributed by atoms with Gasteiger partial charge in [0.1, 0.15) is 0 Å². The quantitative estimate of drug-likeness (QED) is 0.651. The van der Waals surface area contributed by atoms with Crippen LogP contribution in [0.1, 0.15) is 33.1 Å². The predicted molar refractivity (Wildman–Crippen MR) is 51.2 cm³/mol. The second kappa shape index (κ2) is 3.90. The first-order valence-corrected chi connectivity index (χ1v) is 5.46. The molecule has 0 saturated carbocycles. The molecule has 1 heterocycles. The number of halogens is 1. The smallest absolute Gasteiger partial charge is 0.0634 e. The maximum Gasteiger partial charge on any atom is 0.0634 e. The predicted octanol–water partition coefficient (Wildman–Crippen LogP) is 2.98. The topological polar surface area (TPSA) is 9.23 Å². The standard InChI is InChI=1S/C9H17BrO/c1-9(2,7-10)8-5-3-4-6-11-8/h8H,3-7H2,1-2H3. The van der Waals surface area contributed by atoms with Crippen LogP contribution in [-0.4, -0.2) is 18.0 Å². The Balaban J connectivity index is 2.43. The molecule has 1 aliphatic heterocycles. The number of hydrogen-bond acceptors (Lipinski definition) is 1. The van der Waals surface area contributed by atoms with E-state index >= 15 is 0 Å². The summed E-state index contributed by atoms with van der Waals surface area (Å²) in [4.78, 5) is 0. The van der Waals surface area contributed by atoms with Crippen LogP contribution in [0.2, 0.25) is 0 Å². The lowest BCUT2D eigenvalue weighted by Gasteiger charge is -2.35. The van der Waals surface area contributed by atoms with E-state index in [1.165, 1.54) is 19.3 Å². The Labute approximate surface area is 77.6 Å². The Hall–Kier alpha value is 0.440. The van der Waals surface area contributed by atoms with Gasteiger partial charge in [0.2, 0.25) is 0 Å². The second-order valence-electron chi connectivity index (χ2n) is 3.98. The van der Waals surface area contributed by atoms with Crippen molar-refractivity contribution in [3.63, 3.8) is 0 Å². The van der Waals surface area contributed by atoms with E-state index in [0.29, 0.717) is 11.5 Å². The molecule has 1 atom stereocenters. The lowest BCUT2D eigenvalue weighted by Crippen LogP contribution is -2.35. The fourth-order valence-electron chi connectivity index (χ4n) is 1.44. The molecule has 0 bridgehead atoms. The highest BCUT2D eigenvalue weighted by molar-refractivity contribution is 9.09. The molecule has 1 unspecified atom stereocenters. The van der Waals surface area contributed by atoms with Crippen molar-refractivity contribution >= 4 is 15.9 Å². The molecule has 1 fully saturated rings. The second-order valence-corrected chi connectivity index (χ2v) is 4.54. The molecule has 1 aliphatic rings. The summed E-state index contributed by atoms with van der Waals surface area (Å²) in [5.74, 6) is 0. The third kappa shape index (κ3) is 2.45. The number of rotatable bonds is 2. The van der Waals surface area contributed by atoms with Gasteiger partial charge in [0.25, 0.3) is 0 Å². The first-order valence-electron chi connectivity index (χ1n) is 4.34. The fraction of sp³-hybridized carbons (Fsp3) is 1.00. The van der Waals surface area contributed by atoms with Crippen LogP contribution in [0.3, 0.4) is 0 Å². The Morgan fingerprint density at radius 3 is 2.64 bits per heavy atom. The molecule has 0 aliphatic carbocycles. The van der Waals surface area contributed by atoms with Crippen molar-refractivity contribution in [1.82, 2.24) is 0 Å². The maximum atomic E-state index is 5.70. The van der Waals surface area contributed by atoms with Crippen LogP contribution in [0.4, 0.5) is 0 Å². The molecule has 0 radical (unpaired) electrons. The SMILES string of the molecule is CC(C)(CBr)C1CCCCO1. The first kappa shape index (κ1) is 9.53. The van der Waals surface area contributed by atoms with E-state index in [2.05, 4.69) is 29.8 Å². The maximum absolute atomic E-state index is 5.70. The third-order valence-electron chi connectivity index (χ3n) is 2.40. The van der Waals surface area contributed by atoms with E-state index in [-0.39, 0.29) is 0 Å². The minimum atomic E-state index is 0.306. The average Bonchev–Trinajstić information content (AvgIpc) is 2.06. The number of ether oxygens (including phenoxy) is 1. The molecule has 0 N–H and O–H groups in total. The molecule has 0 amide bonds. The first-order chi connectivity index (χ1) is 5.17. The van der Waals surface area contributed by atoms with Crippen molar-refractivity contribution in [1.29, 1.82) is 0 Å². The van der Waals surface area contributed by atoms with Gasteiger partial charge in [0, 0.05) is 17.4 Å². The zero-order valence-corrected chi connectivity index (χ0v) is 8.99. The van der Waals surface area contributed by atoms with E-state index < -0.39 is 0 Å². The number of hydrogen-bond donors (Lipinski definition) is 0. The van der Waals surface area contributed by atoms with E-state index in [4.69, 9.17) is 4.74 Å². The molecule has 0 aromatic carbocycles. The molecule has 1 saturated heterocycles. The van der Waals surface area contributed by atoms with Crippen molar-refractivity contribution in [2.45, 2.75) is 39.2 Å². The highest BCUT2D eigenvalue weighted by Crippen LogP contribution is 2.31. The van der Waals surface area contributed by atoms with Gasteiger partial charge in [0.15, 0.2) is 0 Å². The van der Waals surface area contributed by atoms with Crippen molar-refractivity contribution in [3.8, 4) is 0 Å². The van der Waals surface area contributed by atoms with Gasteiger partial charge < -0.3 is 4.74 Å². The molecular formula is C9H17BrO. The van der Waals surface area contributed by atoms with Crippen LogP contribution >= 0.6 is 15.9 Å². The van der Waals surface area contributed by atoms with Crippen molar-refractivity contribution in [2.24, 2.45) is 5.41 Å². The summed E-state index contributed by atoms with van der Waals surface area (Å²) in [5.41, 5.74) is 0.306. The van der Waals surface area contributed by atoms with Gasteiger partial charge in [-0.15, -0.1) is 0 Å². The summed E-state index contributed by atoms with van der Waals surface area (Å²) >= 11 is 3.53. The van der Waals surface area contributed by atoms with E-state index in [0.717, 1.165) is 11.9 Å². The van der Waals surface area contributed by atoms with Crippen LogP contribution in [0.25, 0.3) is 0 Å². The minimum Gasteiger partial charge on any atom is -0.378 e. The molecule has 2 heteroatoms. The van der Waals surface area contributed by atoms with Crippen LogP contribution < -0.4 is 0 Å². The Morgan fingerprint density at radius 2 is 2.18 bits per heavy atom. The molecule has 0 spiro atoms. The van der Waals surface area contributed by atoms with Gasteiger partial charge in [-0.2, -0.15) is 0 Å².